The van der Waals surface area contributed by atoms with E-state index in [-0.39, 0.29) is 6.61 Å². The Hall–Kier alpha value is -3.22. The van der Waals surface area contributed by atoms with Gasteiger partial charge in [-0.2, -0.15) is 0 Å². The average Bonchev–Trinajstić information content (AvgIpc) is 2.68. The van der Waals surface area contributed by atoms with Gasteiger partial charge in [-0.1, -0.05) is 24.3 Å². The summed E-state index contributed by atoms with van der Waals surface area (Å²) in [6.45, 7) is 3.48. The second-order valence-electron chi connectivity index (χ2n) is 5.49. The number of methoxy groups -OCH3 is 1. The lowest BCUT2D eigenvalue weighted by Crippen LogP contribution is -2.31. The number of hydrogen-bond donors (Lipinski definition) is 1. The molecule has 0 saturated carbocycles. The third-order valence-corrected chi connectivity index (χ3v) is 3.54. The third-order valence-electron chi connectivity index (χ3n) is 3.54. The Balaban J connectivity index is 1.87. The maximum absolute atomic E-state index is 12.2. The van der Waals surface area contributed by atoms with Crippen LogP contribution in [-0.2, 0) is 14.3 Å². The zero-order chi connectivity index (χ0) is 19.6. The van der Waals surface area contributed by atoms with Crippen LogP contribution in [0.5, 0.6) is 17.2 Å². The Morgan fingerprint density at radius 3 is 2.19 bits per heavy atom. The molecule has 0 saturated heterocycles. The molecule has 2 aromatic rings. The van der Waals surface area contributed by atoms with Crippen LogP contribution in [0.3, 0.4) is 0 Å². The van der Waals surface area contributed by atoms with Gasteiger partial charge in [0.2, 0.25) is 0 Å². The zero-order valence-corrected chi connectivity index (χ0v) is 15.6. The Bertz CT molecular complexity index is 777. The van der Waals surface area contributed by atoms with E-state index in [9.17, 15) is 9.59 Å². The number of hydrogen-bond acceptors (Lipinski definition) is 6. The van der Waals surface area contributed by atoms with Gasteiger partial charge in [0.15, 0.2) is 24.2 Å². The molecule has 0 radical (unpaired) electrons. The number of benzene rings is 2. The van der Waals surface area contributed by atoms with Crippen molar-refractivity contribution in [1.82, 2.24) is 0 Å². The highest BCUT2D eigenvalue weighted by molar-refractivity contribution is 5.96. The molecule has 0 spiro atoms. The summed E-state index contributed by atoms with van der Waals surface area (Å²) in [5.41, 5.74) is 0.495. The van der Waals surface area contributed by atoms with Crippen LogP contribution in [0, 0.1) is 0 Å². The Labute approximate surface area is 158 Å². The number of esters is 1. The highest BCUT2D eigenvalue weighted by atomic mass is 16.6. The maximum atomic E-state index is 12.2. The molecule has 7 nitrogen and oxygen atoms in total. The van der Waals surface area contributed by atoms with Crippen LogP contribution in [0.25, 0.3) is 0 Å². The number of anilines is 1. The molecule has 0 bridgehead atoms. The number of ether oxygens (including phenoxy) is 4. The van der Waals surface area contributed by atoms with E-state index in [4.69, 9.17) is 18.9 Å². The molecule has 0 aliphatic heterocycles. The van der Waals surface area contributed by atoms with Crippen LogP contribution in [0.15, 0.2) is 48.5 Å². The van der Waals surface area contributed by atoms with Crippen LogP contribution in [-0.4, -0.2) is 38.3 Å². The molecule has 0 aromatic heterocycles. The van der Waals surface area contributed by atoms with Gasteiger partial charge in [0.05, 0.1) is 19.4 Å². The van der Waals surface area contributed by atoms with Gasteiger partial charge in [-0.25, -0.2) is 4.79 Å². The molecule has 2 rings (SSSR count). The van der Waals surface area contributed by atoms with Gasteiger partial charge in [-0.15, -0.1) is 0 Å². The maximum Gasteiger partial charge on any atom is 0.344 e. The molecule has 2 aromatic carbocycles. The number of carbonyl (C=O) groups excluding carboxylic acids is 2. The lowest BCUT2D eigenvalue weighted by molar-refractivity contribution is -0.155. The normalized spacial score (nSPS) is 11.2. The van der Waals surface area contributed by atoms with Crippen LogP contribution in [0.4, 0.5) is 5.69 Å². The first-order valence-electron chi connectivity index (χ1n) is 8.53. The van der Waals surface area contributed by atoms with E-state index in [1.807, 2.05) is 6.92 Å². The summed E-state index contributed by atoms with van der Waals surface area (Å²) in [4.78, 5) is 24.2. The first kappa shape index (κ1) is 20.1. The van der Waals surface area contributed by atoms with Gasteiger partial charge < -0.3 is 24.3 Å². The van der Waals surface area contributed by atoms with Crippen molar-refractivity contribution in [2.75, 3.05) is 25.6 Å². The Morgan fingerprint density at radius 1 is 0.963 bits per heavy atom. The highest BCUT2D eigenvalue weighted by Crippen LogP contribution is 2.26. The van der Waals surface area contributed by atoms with Gasteiger partial charge in [0.25, 0.3) is 5.91 Å². The van der Waals surface area contributed by atoms with Gasteiger partial charge >= 0.3 is 5.97 Å². The van der Waals surface area contributed by atoms with E-state index in [0.717, 1.165) is 0 Å². The standard InChI is InChI=1S/C20H23NO6/c1-4-25-17-11-7-8-12-18(17)26-13-19(22)27-14(2)20(23)21-15-9-5-6-10-16(15)24-3/h5-12,14H,4,13H2,1-3H3,(H,21,23). The monoisotopic (exact) mass is 373 g/mol. The highest BCUT2D eigenvalue weighted by Gasteiger charge is 2.19. The van der Waals surface area contributed by atoms with E-state index < -0.39 is 18.0 Å². The molecule has 0 aliphatic rings. The molecule has 1 atom stereocenters. The minimum atomic E-state index is -0.992. The molecule has 0 aliphatic carbocycles. The smallest absolute Gasteiger partial charge is 0.344 e. The summed E-state index contributed by atoms with van der Waals surface area (Å²) in [6, 6.07) is 14.0. The van der Waals surface area contributed by atoms with Gasteiger partial charge in [0.1, 0.15) is 5.75 Å². The quantitative estimate of drug-likeness (QED) is 0.680. The molecular formula is C20H23NO6. The van der Waals surface area contributed by atoms with E-state index in [2.05, 4.69) is 5.32 Å². The van der Waals surface area contributed by atoms with Crippen molar-refractivity contribution >= 4 is 17.6 Å². The zero-order valence-electron chi connectivity index (χ0n) is 15.6. The van der Waals surface area contributed by atoms with E-state index in [1.165, 1.54) is 14.0 Å². The third kappa shape index (κ3) is 5.91. The topological polar surface area (TPSA) is 83.1 Å². The van der Waals surface area contributed by atoms with Crippen molar-refractivity contribution in [1.29, 1.82) is 0 Å². The van der Waals surface area contributed by atoms with Gasteiger partial charge in [-0.05, 0) is 38.1 Å². The summed E-state index contributed by atoms with van der Waals surface area (Å²) in [7, 11) is 1.51. The predicted octanol–water partition coefficient (Wildman–Crippen LogP) is 3.04. The van der Waals surface area contributed by atoms with Gasteiger partial charge in [0, 0.05) is 0 Å². The minimum absolute atomic E-state index is 0.337. The molecule has 1 unspecified atom stereocenters. The second kappa shape index (κ2) is 10.1. The van der Waals surface area contributed by atoms with E-state index in [1.54, 1.807) is 48.5 Å². The number of amides is 1. The summed E-state index contributed by atoms with van der Waals surface area (Å²) >= 11 is 0. The molecule has 0 heterocycles. The summed E-state index contributed by atoms with van der Waals surface area (Å²) in [5, 5.41) is 2.66. The molecule has 0 fully saturated rings. The number of rotatable bonds is 9. The number of para-hydroxylation sites is 4. The SMILES string of the molecule is CCOc1ccccc1OCC(=O)OC(C)C(=O)Nc1ccccc1OC. The van der Waals surface area contributed by atoms with Crippen molar-refractivity contribution < 1.29 is 28.5 Å². The van der Waals surface area contributed by atoms with Crippen molar-refractivity contribution in [3.63, 3.8) is 0 Å². The molecule has 144 valence electrons. The van der Waals surface area contributed by atoms with Crippen LogP contribution < -0.4 is 19.5 Å². The molecular weight excluding hydrogens is 350 g/mol. The molecule has 27 heavy (non-hydrogen) atoms. The fourth-order valence-electron chi connectivity index (χ4n) is 2.25. The van der Waals surface area contributed by atoms with Crippen molar-refractivity contribution in [3.8, 4) is 17.2 Å². The predicted molar refractivity (Wildman–Crippen MR) is 100 cm³/mol. The fraction of sp³-hybridized carbons (Fsp3) is 0.300. The van der Waals surface area contributed by atoms with Crippen LogP contribution in [0.1, 0.15) is 13.8 Å². The van der Waals surface area contributed by atoms with Crippen molar-refractivity contribution in [2.24, 2.45) is 0 Å². The second-order valence-corrected chi connectivity index (χ2v) is 5.49. The van der Waals surface area contributed by atoms with Crippen molar-refractivity contribution in [2.45, 2.75) is 20.0 Å². The van der Waals surface area contributed by atoms with E-state index >= 15 is 0 Å². The Morgan fingerprint density at radius 2 is 1.56 bits per heavy atom. The first-order valence-corrected chi connectivity index (χ1v) is 8.53. The Kier molecular flexibility index (Phi) is 7.49. The fourth-order valence-corrected chi connectivity index (χ4v) is 2.25. The van der Waals surface area contributed by atoms with Crippen LogP contribution >= 0.6 is 0 Å². The van der Waals surface area contributed by atoms with Crippen LogP contribution in [0.2, 0.25) is 0 Å². The summed E-state index contributed by atoms with van der Waals surface area (Å²) in [5.74, 6) is 0.351. The first-order chi connectivity index (χ1) is 13.0. The lowest BCUT2D eigenvalue weighted by atomic mass is 10.2. The summed E-state index contributed by atoms with van der Waals surface area (Å²) in [6.07, 6.45) is -0.992. The van der Waals surface area contributed by atoms with Crippen molar-refractivity contribution in [3.05, 3.63) is 48.5 Å². The van der Waals surface area contributed by atoms with E-state index in [0.29, 0.717) is 29.5 Å². The molecule has 1 N–H and O–H groups in total. The number of carbonyl (C=O) groups is 2. The average molecular weight is 373 g/mol. The number of nitrogens with one attached hydrogen (secondary N) is 1. The molecule has 1 amide bonds. The summed E-state index contributed by atoms with van der Waals surface area (Å²) < 4.78 is 21.2. The largest absolute Gasteiger partial charge is 0.495 e. The minimum Gasteiger partial charge on any atom is -0.495 e. The molecule has 7 heteroatoms. The van der Waals surface area contributed by atoms with Gasteiger partial charge in [-0.3, -0.25) is 4.79 Å². The lowest BCUT2D eigenvalue weighted by Gasteiger charge is -2.16.